The minimum absolute atomic E-state index is 1.12. The van der Waals surface area contributed by atoms with Crippen LogP contribution in [0.15, 0.2) is 182 Å². The first-order valence-corrected chi connectivity index (χ1v) is 19.2. The van der Waals surface area contributed by atoms with Crippen LogP contribution in [0, 0.1) is 0 Å². The molecule has 0 aliphatic rings. The second kappa shape index (κ2) is 11.7. The van der Waals surface area contributed by atoms with Crippen molar-refractivity contribution >= 4 is 102 Å². The summed E-state index contributed by atoms with van der Waals surface area (Å²) in [5, 5.41) is 7.72. The van der Waals surface area contributed by atoms with Crippen LogP contribution in [0.2, 0.25) is 0 Å². The first-order chi connectivity index (χ1) is 25.8. The van der Waals surface area contributed by atoms with Gasteiger partial charge < -0.3 is 9.47 Å². The summed E-state index contributed by atoms with van der Waals surface area (Å²) in [7, 11) is 0. The monoisotopic (exact) mass is 698 g/mol. The number of fused-ring (bicyclic) bond motifs is 9. The Bertz CT molecular complexity index is 3080. The molecule has 8 aromatic carbocycles. The van der Waals surface area contributed by atoms with E-state index in [2.05, 4.69) is 191 Å². The van der Waals surface area contributed by atoms with Crippen LogP contribution in [0.1, 0.15) is 0 Å². The number of anilines is 3. The number of hydrogen-bond donors (Lipinski definition) is 0. The zero-order chi connectivity index (χ0) is 34.2. The topological polar surface area (TPSA) is 8.17 Å². The lowest BCUT2D eigenvalue weighted by Crippen LogP contribution is -2.10. The molecule has 0 N–H and O–H groups in total. The van der Waals surface area contributed by atoms with Crippen LogP contribution in [-0.4, -0.2) is 4.57 Å². The van der Waals surface area contributed by atoms with Crippen LogP contribution < -0.4 is 4.90 Å². The Labute approximate surface area is 308 Å². The van der Waals surface area contributed by atoms with Crippen molar-refractivity contribution in [2.75, 3.05) is 4.90 Å². The molecule has 0 bridgehead atoms. The van der Waals surface area contributed by atoms with Gasteiger partial charge in [0, 0.05) is 68.2 Å². The molecule has 3 aromatic heterocycles. The first kappa shape index (κ1) is 29.5. The number of aromatic nitrogens is 1. The maximum atomic E-state index is 2.47. The second-order valence-corrected chi connectivity index (χ2v) is 15.4. The molecule has 0 spiro atoms. The molecule has 0 aliphatic carbocycles. The van der Waals surface area contributed by atoms with Crippen molar-refractivity contribution < 1.29 is 0 Å². The highest BCUT2D eigenvalue weighted by molar-refractivity contribution is 7.26. The van der Waals surface area contributed by atoms with Gasteiger partial charge in [0.1, 0.15) is 0 Å². The van der Waals surface area contributed by atoms with Crippen LogP contribution in [0.4, 0.5) is 17.1 Å². The quantitative estimate of drug-likeness (QED) is 0.174. The largest absolute Gasteiger partial charge is 0.310 e. The molecule has 0 unspecified atom stereocenters. The third-order valence-corrected chi connectivity index (χ3v) is 12.7. The number of thiophene rings is 2. The van der Waals surface area contributed by atoms with Crippen LogP contribution >= 0.6 is 22.7 Å². The molecular weight excluding hydrogens is 669 g/mol. The zero-order valence-corrected chi connectivity index (χ0v) is 29.7. The van der Waals surface area contributed by atoms with Gasteiger partial charge in [0.2, 0.25) is 0 Å². The Hall–Kier alpha value is -6.20. The summed E-state index contributed by atoms with van der Waals surface area (Å²) in [6, 6.07) is 66.6. The third kappa shape index (κ3) is 4.48. The summed E-state index contributed by atoms with van der Waals surface area (Å²) >= 11 is 3.75. The Morgan fingerprint density at radius 2 is 0.981 bits per heavy atom. The summed E-state index contributed by atoms with van der Waals surface area (Å²) in [6.07, 6.45) is 0. The Kier molecular flexibility index (Phi) is 6.63. The van der Waals surface area contributed by atoms with E-state index in [1.165, 1.54) is 79.0 Å². The number of nitrogens with zero attached hydrogens (tertiary/aromatic N) is 2. The molecule has 4 heteroatoms. The maximum absolute atomic E-state index is 2.47. The molecule has 0 saturated carbocycles. The van der Waals surface area contributed by atoms with Crippen molar-refractivity contribution in [1.82, 2.24) is 4.57 Å². The SMILES string of the molecule is c1ccc(-c2ccc(N(c3ccc(-n4c5ccccc5c5ccccc54)cc3)c3ccc4c(c3)sc3ccccc34)c3c2sc2ccccc23)cc1. The molecule has 52 heavy (non-hydrogen) atoms. The summed E-state index contributed by atoms with van der Waals surface area (Å²) in [4.78, 5) is 2.47. The third-order valence-electron chi connectivity index (χ3n) is 10.4. The highest BCUT2D eigenvalue weighted by Gasteiger charge is 2.22. The summed E-state index contributed by atoms with van der Waals surface area (Å²) in [5.74, 6) is 0. The minimum Gasteiger partial charge on any atom is -0.310 e. The van der Waals surface area contributed by atoms with E-state index in [1.54, 1.807) is 0 Å². The van der Waals surface area contributed by atoms with Gasteiger partial charge >= 0.3 is 0 Å². The van der Waals surface area contributed by atoms with E-state index < -0.39 is 0 Å². The van der Waals surface area contributed by atoms with Gasteiger partial charge in [0.25, 0.3) is 0 Å². The highest BCUT2D eigenvalue weighted by Crippen LogP contribution is 2.49. The van der Waals surface area contributed by atoms with Gasteiger partial charge in [0.15, 0.2) is 0 Å². The Morgan fingerprint density at radius 3 is 1.71 bits per heavy atom. The lowest BCUT2D eigenvalue weighted by Gasteiger charge is -2.27. The Morgan fingerprint density at radius 1 is 0.404 bits per heavy atom. The van der Waals surface area contributed by atoms with E-state index in [1.807, 2.05) is 22.7 Å². The van der Waals surface area contributed by atoms with Crippen molar-refractivity contribution in [2.45, 2.75) is 0 Å². The van der Waals surface area contributed by atoms with Gasteiger partial charge in [0.05, 0.1) is 16.7 Å². The molecule has 0 atom stereocenters. The molecule has 3 heterocycles. The van der Waals surface area contributed by atoms with Crippen LogP contribution in [-0.2, 0) is 0 Å². The molecular formula is C48H30N2S2. The number of rotatable bonds is 5. The summed E-state index contributed by atoms with van der Waals surface area (Å²) < 4.78 is 7.60. The van der Waals surface area contributed by atoms with Gasteiger partial charge in [-0.25, -0.2) is 0 Å². The molecule has 0 fully saturated rings. The molecule has 0 aliphatic heterocycles. The van der Waals surface area contributed by atoms with Crippen molar-refractivity contribution in [3.8, 4) is 16.8 Å². The van der Waals surface area contributed by atoms with E-state index in [0.717, 1.165) is 17.1 Å². The van der Waals surface area contributed by atoms with Gasteiger partial charge in [-0.2, -0.15) is 0 Å². The van der Waals surface area contributed by atoms with Crippen molar-refractivity contribution in [1.29, 1.82) is 0 Å². The number of hydrogen-bond acceptors (Lipinski definition) is 3. The van der Waals surface area contributed by atoms with Crippen LogP contribution in [0.25, 0.3) is 79.0 Å². The minimum atomic E-state index is 1.12. The van der Waals surface area contributed by atoms with Gasteiger partial charge in [-0.15, -0.1) is 22.7 Å². The lowest BCUT2D eigenvalue weighted by atomic mass is 10.00. The molecule has 11 rings (SSSR count). The smallest absolute Gasteiger partial charge is 0.0555 e. The average molecular weight is 699 g/mol. The van der Waals surface area contributed by atoms with Crippen LogP contribution in [0.3, 0.4) is 0 Å². The van der Waals surface area contributed by atoms with Crippen molar-refractivity contribution in [3.63, 3.8) is 0 Å². The Balaban J connectivity index is 1.16. The van der Waals surface area contributed by atoms with E-state index in [9.17, 15) is 0 Å². The number of benzene rings is 8. The van der Waals surface area contributed by atoms with Crippen molar-refractivity contribution in [2.24, 2.45) is 0 Å². The van der Waals surface area contributed by atoms with E-state index >= 15 is 0 Å². The maximum Gasteiger partial charge on any atom is 0.0555 e. The molecule has 0 amide bonds. The number of para-hydroxylation sites is 2. The van der Waals surface area contributed by atoms with Crippen molar-refractivity contribution in [3.05, 3.63) is 182 Å². The average Bonchev–Trinajstić information content (AvgIpc) is 3.89. The van der Waals surface area contributed by atoms with E-state index in [0.29, 0.717) is 0 Å². The molecule has 0 radical (unpaired) electrons. The normalized spacial score (nSPS) is 11.8. The molecule has 2 nitrogen and oxygen atoms in total. The van der Waals surface area contributed by atoms with Gasteiger partial charge in [-0.1, -0.05) is 115 Å². The fourth-order valence-corrected chi connectivity index (χ4v) is 10.5. The summed E-state index contributed by atoms with van der Waals surface area (Å²) in [6.45, 7) is 0. The van der Waals surface area contributed by atoms with Crippen LogP contribution in [0.5, 0.6) is 0 Å². The first-order valence-electron chi connectivity index (χ1n) is 17.6. The standard InChI is InChI=1S/C48H30N2S2/c1-2-12-31(13-3-1)35-28-29-43(47-40-17-7-11-21-45(40)52-48(35)47)49(34-26-27-39-38-16-6-10-20-44(38)51-46(39)30-34)32-22-24-33(25-23-32)50-41-18-8-4-14-36(41)37-15-5-9-19-42(37)50/h1-30H. The molecule has 0 saturated heterocycles. The zero-order valence-electron chi connectivity index (χ0n) is 28.0. The van der Waals surface area contributed by atoms with Gasteiger partial charge in [-0.3, -0.25) is 0 Å². The predicted octanol–water partition coefficient (Wildman–Crippen LogP) is 14.7. The van der Waals surface area contributed by atoms with E-state index in [4.69, 9.17) is 0 Å². The molecule has 11 aromatic rings. The van der Waals surface area contributed by atoms with E-state index in [-0.39, 0.29) is 0 Å². The lowest BCUT2D eigenvalue weighted by molar-refractivity contribution is 1.17. The summed E-state index contributed by atoms with van der Waals surface area (Å²) in [5.41, 5.74) is 9.52. The highest BCUT2D eigenvalue weighted by atomic mass is 32.1. The molecule has 244 valence electrons. The fourth-order valence-electron chi connectivity index (χ4n) is 8.07. The van der Waals surface area contributed by atoms with Gasteiger partial charge in [-0.05, 0) is 77.9 Å². The second-order valence-electron chi connectivity index (χ2n) is 13.3. The predicted molar refractivity (Wildman–Crippen MR) is 227 cm³/mol. The fraction of sp³-hybridized carbons (Fsp3) is 0.